The summed E-state index contributed by atoms with van der Waals surface area (Å²) < 4.78 is 0.753. The normalized spacial score (nSPS) is 13.8. The monoisotopic (exact) mass is 340 g/mol. The molecule has 2 aromatic rings. The zero-order valence-electron chi connectivity index (χ0n) is 13.0. The lowest BCUT2D eigenvalue weighted by Gasteiger charge is -2.10. The molecule has 2 rings (SSSR count). The van der Waals surface area contributed by atoms with Crippen molar-refractivity contribution in [3.63, 3.8) is 0 Å². The molecule has 0 aliphatic rings. The first kappa shape index (κ1) is 17.0. The van der Waals surface area contributed by atoms with Crippen LogP contribution in [0.25, 0.3) is 0 Å². The van der Waals surface area contributed by atoms with Gasteiger partial charge in [0.2, 0.25) is 5.91 Å². The molecule has 0 unspecified atom stereocenters. The van der Waals surface area contributed by atoms with E-state index in [1.807, 2.05) is 19.1 Å². The number of halogens is 1. The molecule has 0 aliphatic heterocycles. The Bertz CT molecular complexity index is 625. The second-order valence-electron chi connectivity index (χ2n) is 5.38. The number of thiophene rings is 1. The lowest BCUT2D eigenvalue weighted by molar-refractivity contribution is -0.121. The predicted molar refractivity (Wildman–Crippen MR) is 89.3 cm³/mol. The standard InChI is InChI=1S/C15H21ClN4OS/c1-4-9(2)14-18-15(20-19-14)10(3)17-13(21)8-6-11-5-7-12(16)22-11/h5,7,9-10H,4,6,8H2,1-3H3,(H,17,21)(H,18,19,20)/t9-,10-/m0/s1. The van der Waals surface area contributed by atoms with Crippen molar-refractivity contribution in [1.29, 1.82) is 0 Å². The van der Waals surface area contributed by atoms with Crippen molar-refractivity contribution in [2.45, 2.75) is 52.0 Å². The summed E-state index contributed by atoms with van der Waals surface area (Å²) in [5, 5.41) is 10.1. The van der Waals surface area contributed by atoms with Gasteiger partial charge in [0.1, 0.15) is 5.82 Å². The maximum atomic E-state index is 12.0. The number of carbonyl (C=O) groups is 1. The van der Waals surface area contributed by atoms with Crippen LogP contribution in [0.4, 0.5) is 0 Å². The third-order valence-electron chi connectivity index (χ3n) is 3.59. The Balaban J connectivity index is 1.84. The fraction of sp³-hybridized carbons (Fsp3) is 0.533. The number of amides is 1. The molecule has 2 heterocycles. The fourth-order valence-corrected chi connectivity index (χ4v) is 3.08. The van der Waals surface area contributed by atoms with E-state index in [2.05, 4.69) is 34.3 Å². The van der Waals surface area contributed by atoms with Gasteiger partial charge in [0, 0.05) is 17.2 Å². The van der Waals surface area contributed by atoms with E-state index in [-0.39, 0.29) is 11.9 Å². The molecule has 0 aromatic carbocycles. The van der Waals surface area contributed by atoms with Crippen molar-refractivity contribution in [3.8, 4) is 0 Å². The van der Waals surface area contributed by atoms with Crippen molar-refractivity contribution in [2.24, 2.45) is 0 Å². The van der Waals surface area contributed by atoms with E-state index in [1.165, 1.54) is 11.3 Å². The first-order valence-electron chi connectivity index (χ1n) is 7.45. The number of nitrogens with zero attached hydrogens (tertiary/aromatic N) is 2. The van der Waals surface area contributed by atoms with Gasteiger partial charge in [-0.2, -0.15) is 5.10 Å². The van der Waals surface area contributed by atoms with Crippen LogP contribution in [-0.2, 0) is 11.2 Å². The maximum Gasteiger partial charge on any atom is 0.220 e. The van der Waals surface area contributed by atoms with E-state index in [0.29, 0.717) is 24.6 Å². The first-order valence-corrected chi connectivity index (χ1v) is 8.64. The second kappa shape index (κ2) is 7.74. The summed E-state index contributed by atoms with van der Waals surface area (Å²) in [5.41, 5.74) is 0. The van der Waals surface area contributed by atoms with Gasteiger partial charge < -0.3 is 5.32 Å². The van der Waals surface area contributed by atoms with Crippen molar-refractivity contribution in [3.05, 3.63) is 33.0 Å². The Morgan fingerprint density at radius 1 is 1.45 bits per heavy atom. The van der Waals surface area contributed by atoms with Crippen LogP contribution in [0.3, 0.4) is 0 Å². The highest BCUT2D eigenvalue weighted by Gasteiger charge is 2.16. The van der Waals surface area contributed by atoms with Crippen LogP contribution in [0.5, 0.6) is 0 Å². The van der Waals surface area contributed by atoms with Crippen LogP contribution in [0, 0.1) is 0 Å². The Hall–Kier alpha value is -1.40. The highest BCUT2D eigenvalue weighted by atomic mass is 35.5. The van der Waals surface area contributed by atoms with Crippen molar-refractivity contribution >= 4 is 28.8 Å². The van der Waals surface area contributed by atoms with E-state index >= 15 is 0 Å². The molecule has 2 atom stereocenters. The van der Waals surface area contributed by atoms with Gasteiger partial charge in [0.25, 0.3) is 0 Å². The predicted octanol–water partition coefficient (Wildman–Crippen LogP) is 3.84. The minimum absolute atomic E-state index is 0.00138. The molecule has 0 fully saturated rings. The molecule has 2 aromatic heterocycles. The zero-order valence-corrected chi connectivity index (χ0v) is 14.6. The van der Waals surface area contributed by atoms with E-state index in [1.54, 1.807) is 0 Å². The molecule has 0 bridgehead atoms. The topological polar surface area (TPSA) is 70.7 Å². The van der Waals surface area contributed by atoms with Crippen LogP contribution < -0.4 is 5.32 Å². The maximum absolute atomic E-state index is 12.0. The molecule has 1 amide bonds. The summed E-state index contributed by atoms with van der Waals surface area (Å²) in [5.74, 6) is 1.81. The molecular weight excluding hydrogens is 320 g/mol. The SMILES string of the molecule is CC[C@H](C)c1n[nH]c([C@H](C)NC(=O)CCc2ccc(Cl)s2)n1. The molecule has 0 aliphatic carbocycles. The van der Waals surface area contributed by atoms with E-state index < -0.39 is 0 Å². The number of aromatic nitrogens is 3. The van der Waals surface area contributed by atoms with Gasteiger partial charge in [-0.25, -0.2) is 4.98 Å². The molecule has 22 heavy (non-hydrogen) atoms. The minimum atomic E-state index is -0.176. The number of hydrogen-bond acceptors (Lipinski definition) is 4. The van der Waals surface area contributed by atoms with Gasteiger partial charge in [-0.1, -0.05) is 25.4 Å². The summed E-state index contributed by atoms with van der Waals surface area (Å²) in [4.78, 5) is 17.6. The largest absolute Gasteiger partial charge is 0.346 e. The lowest BCUT2D eigenvalue weighted by Crippen LogP contribution is -2.27. The second-order valence-corrected chi connectivity index (χ2v) is 7.18. The molecule has 5 nitrogen and oxygen atoms in total. The first-order chi connectivity index (χ1) is 10.5. The molecule has 0 radical (unpaired) electrons. The summed E-state index contributed by atoms with van der Waals surface area (Å²) in [6.07, 6.45) is 2.12. The number of rotatable bonds is 7. The highest BCUT2D eigenvalue weighted by molar-refractivity contribution is 7.16. The zero-order chi connectivity index (χ0) is 16.1. The Morgan fingerprint density at radius 2 is 2.23 bits per heavy atom. The number of nitrogens with one attached hydrogen (secondary N) is 2. The van der Waals surface area contributed by atoms with Crippen LogP contribution in [-0.4, -0.2) is 21.1 Å². The van der Waals surface area contributed by atoms with Crippen molar-refractivity contribution in [2.75, 3.05) is 0 Å². The summed E-state index contributed by atoms with van der Waals surface area (Å²) in [6, 6.07) is 3.63. The molecule has 2 N–H and O–H groups in total. The Kier molecular flexibility index (Phi) is 5.97. The van der Waals surface area contributed by atoms with Crippen LogP contribution in [0.15, 0.2) is 12.1 Å². The van der Waals surface area contributed by atoms with E-state index in [0.717, 1.165) is 21.5 Å². The quantitative estimate of drug-likeness (QED) is 0.804. The van der Waals surface area contributed by atoms with Gasteiger partial charge in [-0.05, 0) is 31.9 Å². The average Bonchev–Trinajstić information content (AvgIpc) is 3.13. The third kappa shape index (κ3) is 4.55. The number of hydrogen-bond donors (Lipinski definition) is 2. The van der Waals surface area contributed by atoms with Crippen LogP contribution in [0.2, 0.25) is 4.34 Å². The van der Waals surface area contributed by atoms with Gasteiger partial charge in [0.05, 0.1) is 10.4 Å². The summed E-state index contributed by atoms with van der Waals surface area (Å²) in [6.45, 7) is 6.09. The summed E-state index contributed by atoms with van der Waals surface area (Å²) >= 11 is 7.39. The molecule has 0 saturated carbocycles. The Labute approximate surface area is 139 Å². The van der Waals surface area contributed by atoms with Crippen LogP contribution >= 0.6 is 22.9 Å². The number of H-pyrrole nitrogens is 1. The molecular formula is C15H21ClN4OS. The number of aromatic amines is 1. The third-order valence-corrected chi connectivity index (χ3v) is 4.88. The van der Waals surface area contributed by atoms with Crippen molar-refractivity contribution < 1.29 is 4.79 Å². The molecule has 0 spiro atoms. The number of aryl methyl sites for hydroxylation is 1. The Morgan fingerprint density at radius 3 is 2.86 bits per heavy atom. The fourth-order valence-electron chi connectivity index (χ4n) is 1.99. The van der Waals surface area contributed by atoms with Gasteiger partial charge >= 0.3 is 0 Å². The summed E-state index contributed by atoms with van der Waals surface area (Å²) in [7, 11) is 0. The minimum Gasteiger partial charge on any atom is -0.346 e. The molecule has 120 valence electrons. The van der Waals surface area contributed by atoms with Gasteiger partial charge in [-0.3, -0.25) is 9.89 Å². The average molecular weight is 341 g/mol. The van der Waals surface area contributed by atoms with Crippen LogP contribution in [0.1, 0.15) is 62.1 Å². The van der Waals surface area contributed by atoms with Gasteiger partial charge in [0.15, 0.2) is 5.82 Å². The van der Waals surface area contributed by atoms with E-state index in [9.17, 15) is 4.79 Å². The van der Waals surface area contributed by atoms with Gasteiger partial charge in [-0.15, -0.1) is 11.3 Å². The number of carbonyl (C=O) groups excluding carboxylic acids is 1. The highest BCUT2D eigenvalue weighted by Crippen LogP contribution is 2.22. The molecule has 7 heteroatoms. The smallest absolute Gasteiger partial charge is 0.220 e. The van der Waals surface area contributed by atoms with E-state index in [4.69, 9.17) is 11.6 Å². The lowest BCUT2D eigenvalue weighted by atomic mass is 10.1. The van der Waals surface area contributed by atoms with Crippen molar-refractivity contribution in [1.82, 2.24) is 20.5 Å². The molecule has 0 saturated heterocycles.